The highest BCUT2D eigenvalue weighted by molar-refractivity contribution is 14.0. The average molecular weight is 473 g/mol. The Bertz CT molecular complexity index is 305. The number of aliphatic hydroxyl groups is 1. The molecule has 0 saturated heterocycles. The van der Waals surface area contributed by atoms with Gasteiger partial charge in [0, 0.05) is 40.0 Å². The van der Waals surface area contributed by atoms with E-state index >= 15 is 0 Å². The molecule has 0 saturated carbocycles. The number of methoxy groups -OCH3 is 1. The van der Waals surface area contributed by atoms with Crippen molar-refractivity contribution in [2.24, 2.45) is 16.8 Å². The summed E-state index contributed by atoms with van der Waals surface area (Å²) >= 11 is 0. The van der Waals surface area contributed by atoms with Crippen molar-refractivity contribution in [2.45, 2.75) is 46.5 Å². The highest BCUT2D eigenvalue weighted by Crippen LogP contribution is 2.15. The number of hydrogen-bond acceptors (Lipinski definition) is 4. The van der Waals surface area contributed by atoms with Gasteiger partial charge in [-0.25, -0.2) is 0 Å². The fourth-order valence-electron chi connectivity index (χ4n) is 2.48. The predicted octanol–water partition coefficient (Wildman–Crippen LogP) is 2.65. The summed E-state index contributed by atoms with van der Waals surface area (Å²) in [5.74, 6) is 1.94. The average Bonchev–Trinajstić information content (AvgIpc) is 2.54. The van der Waals surface area contributed by atoms with E-state index in [1.54, 1.807) is 7.11 Å². The molecule has 0 amide bonds. The third-order valence-electron chi connectivity index (χ3n) is 3.63. The topological polar surface area (TPSA) is 75.1 Å². The molecule has 6 nitrogen and oxygen atoms in total. The van der Waals surface area contributed by atoms with Crippen molar-refractivity contribution in [2.75, 3.05) is 53.2 Å². The lowest BCUT2D eigenvalue weighted by Gasteiger charge is -2.17. The molecule has 1 unspecified atom stereocenters. The molecule has 0 aliphatic heterocycles. The molecule has 0 fully saturated rings. The van der Waals surface area contributed by atoms with Crippen molar-refractivity contribution in [3.63, 3.8) is 0 Å². The highest BCUT2D eigenvalue weighted by Gasteiger charge is 2.10. The van der Waals surface area contributed by atoms with Crippen molar-refractivity contribution >= 4 is 29.9 Å². The number of ether oxygens (including phenoxy) is 2. The summed E-state index contributed by atoms with van der Waals surface area (Å²) in [6.45, 7) is 11.3. The summed E-state index contributed by atoms with van der Waals surface area (Å²) in [7, 11) is 1.68. The lowest BCUT2D eigenvalue weighted by Crippen LogP contribution is -2.38. The van der Waals surface area contributed by atoms with Crippen molar-refractivity contribution in [1.29, 1.82) is 0 Å². The predicted molar refractivity (Wildman–Crippen MR) is 116 cm³/mol. The first-order chi connectivity index (χ1) is 11.6. The number of hydrogen-bond donors (Lipinski definition) is 3. The van der Waals surface area contributed by atoms with E-state index in [-0.39, 0.29) is 30.6 Å². The van der Waals surface area contributed by atoms with Gasteiger partial charge >= 0.3 is 0 Å². The molecule has 0 radical (unpaired) electrons. The maximum atomic E-state index is 9.20. The third kappa shape index (κ3) is 18.5. The molecular formula is C18H40IN3O3. The van der Waals surface area contributed by atoms with Gasteiger partial charge in [0.1, 0.15) is 0 Å². The molecule has 0 aromatic heterocycles. The molecule has 0 bridgehead atoms. The Hall–Kier alpha value is -0.120. The summed E-state index contributed by atoms with van der Waals surface area (Å²) in [5, 5.41) is 15.8. The van der Waals surface area contributed by atoms with Crippen LogP contribution in [-0.4, -0.2) is 64.2 Å². The first-order valence-electron chi connectivity index (χ1n) is 9.33. The number of unbranched alkanes of at least 4 members (excludes halogenated alkanes) is 1. The number of nitrogens with one attached hydrogen (secondary N) is 2. The fraction of sp³-hybridized carbons (Fsp3) is 0.944. The Morgan fingerprint density at radius 2 is 1.88 bits per heavy atom. The maximum Gasteiger partial charge on any atom is 0.191 e. The van der Waals surface area contributed by atoms with Crippen LogP contribution in [-0.2, 0) is 9.47 Å². The van der Waals surface area contributed by atoms with Crippen LogP contribution in [0.25, 0.3) is 0 Å². The van der Waals surface area contributed by atoms with Crippen molar-refractivity contribution in [1.82, 2.24) is 10.6 Å². The van der Waals surface area contributed by atoms with Crippen LogP contribution in [0, 0.1) is 11.8 Å². The normalized spacial score (nSPS) is 12.8. The number of aliphatic hydroxyl groups excluding tert-OH is 1. The molecule has 152 valence electrons. The number of aliphatic imine (C=N–C) groups is 1. The van der Waals surface area contributed by atoms with Gasteiger partial charge in [-0.3, -0.25) is 4.99 Å². The molecule has 0 aliphatic carbocycles. The van der Waals surface area contributed by atoms with Crippen LogP contribution in [0.15, 0.2) is 4.99 Å². The Kier molecular flexibility index (Phi) is 21.9. The van der Waals surface area contributed by atoms with Gasteiger partial charge in [-0.1, -0.05) is 13.8 Å². The Labute approximate surface area is 171 Å². The van der Waals surface area contributed by atoms with Gasteiger partial charge < -0.3 is 25.2 Å². The van der Waals surface area contributed by atoms with Crippen molar-refractivity contribution in [3.8, 4) is 0 Å². The largest absolute Gasteiger partial charge is 0.396 e. The number of rotatable bonds is 15. The lowest BCUT2D eigenvalue weighted by atomic mass is 9.94. The van der Waals surface area contributed by atoms with Gasteiger partial charge in [-0.2, -0.15) is 0 Å². The van der Waals surface area contributed by atoms with Crippen LogP contribution in [0.2, 0.25) is 0 Å². The number of nitrogens with zero attached hydrogens (tertiary/aromatic N) is 1. The van der Waals surface area contributed by atoms with Crippen LogP contribution in [0.4, 0.5) is 0 Å². The Morgan fingerprint density at radius 3 is 2.48 bits per heavy atom. The SMILES string of the molecule is CCNC(=NCC(CCO)CC(C)C)NCCCCOCCOC.I. The molecule has 0 aliphatic rings. The van der Waals surface area contributed by atoms with Crippen LogP contribution >= 0.6 is 24.0 Å². The third-order valence-corrected chi connectivity index (χ3v) is 3.63. The highest BCUT2D eigenvalue weighted by atomic mass is 127. The summed E-state index contributed by atoms with van der Waals surface area (Å²) in [6, 6.07) is 0. The Balaban J connectivity index is 0. The van der Waals surface area contributed by atoms with Gasteiger partial charge in [0.05, 0.1) is 13.2 Å². The van der Waals surface area contributed by atoms with E-state index < -0.39 is 0 Å². The standard InChI is InChI=1S/C18H39N3O3.HI/c1-5-19-18(20-9-6-7-11-24-13-12-23-4)21-15-17(8-10-22)14-16(2)3;/h16-17,22H,5-15H2,1-4H3,(H2,19,20,21);1H. The van der Waals surface area contributed by atoms with Crippen molar-refractivity contribution < 1.29 is 14.6 Å². The first-order valence-corrected chi connectivity index (χ1v) is 9.33. The van der Waals surface area contributed by atoms with Gasteiger partial charge in [-0.05, 0) is 44.4 Å². The maximum absolute atomic E-state index is 9.20. The molecule has 1 atom stereocenters. The number of guanidine groups is 1. The van der Waals surface area contributed by atoms with Gasteiger partial charge in [-0.15, -0.1) is 24.0 Å². The van der Waals surface area contributed by atoms with E-state index in [0.29, 0.717) is 25.0 Å². The summed E-state index contributed by atoms with van der Waals surface area (Å²) in [4.78, 5) is 4.68. The molecule has 0 heterocycles. The van der Waals surface area contributed by atoms with E-state index in [1.165, 1.54) is 0 Å². The van der Waals surface area contributed by atoms with E-state index in [4.69, 9.17) is 9.47 Å². The zero-order valence-corrected chi connectivity index (χ0v) is 18.9. The van der Waals surface area contributed by atoms with Gasteiger partial charge in [0.2, 0.25) is 0 Å². The molecule has 0 spiro atoms. The monoisotopic (exact) mass is 473 g/mol. The smallest absolute Gasteiger partial charge is 0.191 e. The Morgan fingerprint density at radius 1 is 1.12 bits per heavy atom. The fourth-order valence-corrected chi connectivity index (χ4v) is 2.48. The van der Waals surface area contributed by atoms with Gasteiger partial charge in [0.25, 0.3) is 0 Å². The minimum Gasteiger partial charge on any atom is -0.396 e. The van der Waals surface area contributed by atoms with Crippen LogP contribution < -0.4 is 10.6 Å². The molecule has 0 rings (SSSR count). The quantitative estimate of drug-likeness (QED) is 0.148. The summed E-state index contributed by atoms with van der Waals surface area (Å²) < 4.78 is 10.4. The molecule has 3 N–H and O–H groups in total. The molecule has 0 aromatic carbocycles. The molecule has 0 aromatic rings. The zero-order valence-electron chi connectivity index (χ0n) is 16.6. The second-order valence-corrected chi connectivity index (χ2v) is 6.47. The lowest BCUT2D eigenvalue weighted by molar-refractivity contribution is 0.0689. The minimum absolute atomic E-state index is 0. The van der Waals surface area contributed by atoms with Crippen LogP contribution in [0.3, 0.4) is 0 Å². The summed E-state index contributed by atoms with van der Waals surface area (Å²) in [6.07, 6.45) is 3.99. The first kappa shape index (κ1) is 27.1. The van der Waals surface area contributed by atoms with Crippen LogP contribution in [0.5, 0.6) is 0 Å². The summed E-state index contributed by atoms with van der Waals surface area (Å²) in [5.41, 5.74) is 0. The van der Waals surface area contributed by atoms with E-state index in [2.05, 4.69) is 36.4 Å². The van der Waals surface area contributed by atoms with E-state index in [9.17, 15) is 5.11 Å². The van der Waals surface area contributed by atoms with E-state index in [1.807, 2.05) is 0 Å². The minimum atomic E-state index is 0. The molecular weight excluding hydrogens is 433 g/mol. The molecule has 25 heavy (non-hydrogen) atoms. The van der Waals surface area contributed by atoms with Crippen molar-refractivity contribution in [3.05, 3.63) is 0 Å². The second-order valence-electron chi connectivity index (χ2n) is 6.47. The number of halogens is 1. The van der Waals surface area contributed by atoms with Crippen LogP contribution in [0.1, 0.15) is 46.5 Å². The van der Waals surface area contributed by atoms with E-state index in [0.717, 1.165) is 57.9 Å². The molecule has 7 heteroatoms. The second kappa shape index (κ2) is 20.2. The zero-order chi connectivity index (χ0) is 18.0. The van der Waals surface area contributed by atoms with Gasteiger partial charge in [0.15, 0.2) is 5.96 Å².